The van der Waals surface area contributed by atoms with Crippen LogP contribution in [0.3, 0.4) is 0 Å². The average Bonchev–Trinajstić information content (AvgIpc) is 2.02. The highest BCUT2D eigenvalue weighted by atomic mass is 16.1. The molecule has 0 aromatic heterocycles. The molecule has 0 spiro atoms. The maximum atomic E-state index is 10.9. The lowest BCUT2D eigenvalue weighted by molar-refractivity contribution is -0.121. The molecule has 1 atom stereocenters. The quantitative estimate of drug-likeness (QED) is 0.635. The second-order valence-electron chi connectivity index (χ2n) is 3.50. The fourth-order valence-electron chi connectivity index (χ4n) is 1.30. The van der Waals surface area contributed by atoms with E-state index < -0.39 is 0 Å². The van der Waals surface area contributed by atoms with Crippen LogP contribution in [-0.4, -0.2) is 18.5 Å². The number of carbonyl (C=O) groups excluding carboxylic acids is 1. The molecule has 0 saturated carbocycles. The van der Waals surface area contributed by atoms with E-state index in [1.165, 1.54) is 0 Å². The summed E-state index contributed by atoms with van der Waals surface area (Å²) in [5, 5.41) is 6.01. The third kappa shape index (κ3) is 3.03. The molecule has 1 aliphatic rings. The zero-order valence-electron chi connectivity index (χ0n) is 8.02. The van der Waals surface area contributed by atoms with Gasteiger partial charge in [0.05, 0.1) is 0 Å². The van der Waals surface area contributed by atoms with Gasteiger partial charge in [0.2, 0.25) is 5.91 Å². The van der Waals surface area contributed by atoms with Crippen molar-refractivity contribution in [2.24, 2.45) is 0 Å². The van der Waals surface area contributed by atoms with E-state index in [-0.39, 0.29) is 11.9 Å². The summed E-state index contributed by atoms with van der Waals surface area (Å²) in [6, 6.07) is 0.203. The summed E-state index contributed by atoms with van der Waals surface area (Å²) in [6.07, 6.45) is 1.41. The zero-order valence-corrected chi connectivity index (χ0v) is 8.02. The molecule has 3 nitrogen and oxygen atoms in total. The third-order valence-corrected chi connectivity index (χ3v) is 2.03. The maximum absolute atomic E-state index is 10.9. The molecule has 1 amide bonds. The molecule has 72 valence electrons. The van der Waals surface area contributed by atoms with Crippen LogP contribution in [-0.2, 0) is 4.79 Å². The molecule has 2 N–H and O–H groups in total. The Hall–Kier alpha value is -1.09. The molecule has 13 heavy (non-hydrogen) atoms. The standard InChI is InChI=1S/C10H16N2O/c1-7(2)6-11-9-4-5-10(13)12-8(9)3/h9,11H,1,3-6H2,2H3,(H,12,13). The molecule has 1 saturated heterocycles. The van der Waals surface area contributed by atoms with E-state index in [0.29, 0.717) is 6.42 Å². The van der Waals surface area contributed by atoms with Crippen LogP contribution in [0.1, 0.15) is 19.8 Å². The van der Waals surface area contributed by atoms with Crippen molar-refractivity contribution in [2.75, 3.05) is 6.54 Å². The molecular weight excluding hydrogens is 164 g/mol. The summed E-state index contributed by atoms with van der Waals surface area (Å²) < 4.78 is 0. The number of carbonyl (C=O) groups is 1. The Balaban J connectivity index is 2.38. The van der Waals surface area contributed by atoms with Gasteiger partial charge in [-0.15, -0.1) is 0 Å². The van der Waals surface area contributed by atoms with Gasteiger partial charge in [-0.25, -0.2) is 0 Å². The van der Waals surface area contributed by atoms with Gasteiger partial charge < -0.3 is 10.6 Å². The minimum absolute atomic E-state index is 0.0679. The van der Waals surface area contributed by atoms with Crippen molar-refractivity contribution >= 4 is 5.91 Å². The fourth-order valence-corrected chi connectivity index (χ4v) is 1.30. The zero-order chi connectivity index (χ0) is 9.84. The molecular formula is C10H16N2O. The van der Waals surface area contributed by atoms with Crippen LogP contribution in [0.25, 0.3) is 0 Å². The largest absolute Gasteiger partial charge is 0.329 e. The normalized spacial score (nSPS) is 22.7. The summed E-state index contributed by atoms with van der Waals surface area (Å²) >= 11 is 0. The van der Waals surface area contributed by atoms with E-state index in [1.807, 2.05) is 6.92 Å². The first-order valence-electron chi connectivity index (χ1n) is 4.46. The van der Waals surface area contributed by atoms with Gasteiger partial charge in [-0.05, 0) is 13.3 Å². The number of amides is 1. The predicted molar refractivity (Wildman–Crippen MR) is 53.1 cm³/mol. The highest BCUT2D eigenvalue weighted by molar-refractivity contribution is 5.79. The van der Waals surface area contributed by atoms with Crippen molar-refractivity contribution < 1.29 is 4.79 Å². The summed E-state index contributed by atoms with van der Waals surface area (Å²) in [6.45, 7) is 10.3. The third-order valence-electron chi connectivity index (χ3n) is 2.03. The Labute approximate surface area is 78.9 Å². The van der Waals surface area contributed by atoms with Crippen LogP contribution in [0.15, 0.2) is 24.4 Å². The molecule has 1 unspecified atom stereocenters. The van der Waals surface area contributed by atoms with Crippen LogP contribution in [0, 0.1) is 0 Å². The van der Waals surface area contributed by atoms with Gasteiger partial charge in [-0.1, -0.05) is 18.7 Å². The molecule has 1 rings (SSSR count). The summed E-state index contributed by atoms with van der Waals surface area (Å²) in [4.78, 5) is 10.9. The van der Waals surface area contributed by atoms with Gasteiger partial charge in [-0.2, -0.15) is 0 Å². The van der Waals surface area contributed by atoms with Crippen molar-refractivity contribution in [3.63, 3.8) is 0 Å². The highest BCUT2D eigenvalue weighted by Crippen LogP contribution is 2.10. The Morgan fingerprint density at radius 2 is 2.46 bits per heavy atom. The minimum Gasteiger partial charge on any atom is -0.329 e. The summed E-state index contributed by atoms with van der Waals surface area (Å²) in [5.74, 6) is 0.0679. The second kappa shape index (κ2) is 4.23. The van der Waals surface area contributed by atoms with Gasteiger partial charge in [-0.3, -0.25) is 4.79 Å². The monoisotopic (exact) mass is 180 g/mol. The SMILES string of the molecule is C=C(C)CNC1CCC(=O)NC1=C. The van der Waals surface area contributed by atoms with Gasteiger partial charge in [0.15, 0.2) is 0 Å². The topological polar surface area (TPSA) is 41.1 Å². The number of piperidine rings is 1. The van der Waals surface area contributed by atoms with Crippen LogP contribution in [0.4, 0.5) is 0 Å². The van der Waals surface area contributed by atoms with Crippen LogP contribution < -0.4 is 10.6 Å². The lowest BCUT2D eigenvalue weighted by atomic mass is 10.0. The molecule has 0 bridgehead atoms. The Morgan fingerprint density at radius 1 is 1.77 bits per heavy atom. The minimum atomic E-state index is 0.0679. The summed E-state index contributed by atoms with van der Waals surface area (Å²) in [5.41, 5.74) is 1.86. The van der Waals surface area contributed by atoms with Crippen molar-refractivity contribution in [3.05, 3.63) is 24.4 Å². The molecule has 1 heterocycles. The van der Waals surface area contributed by atoms with E-state index in [9.17, 15) is 4.79 Å². The average molecular weight is 180 g/mol. The molecule has 1 aliphatic heterocycles. The van der Waals surface area contributed by atoms with Crippen LogP contribution >= 0.6 is 0 Å². The molecule has 1 fully saturated rings. The van der Waals surface area contributed by atoms with E-state index in [0.717, 1.165) is 24.2 Å². The molecule has 3 heteroatoms. The number of nitrogens with one attached hydrogen (secondary N) is 2. The van der Waals surface area contributed by atoms with E-state index in [4.69, 9.17) is 0 Å². The van der Waals surface area contributed by atoms with Crippen molar-refractivity contribution in [1.29, 1.82) is 0 Å². The van der Waals surface area contributed by atoms with Gasteiger partial charge in [0, 0.05) is 24.7 Å². The van der Waals surface area contributed by atoms with Crippen molar-refractivity contribution in [3.8, 4) is 0 Å². The molecule has 0 aromatic carbocycles. The fraction of sp³-hybridized carbons (Fsp3) is 0.500. The van der Waals surface area contributed by atoms with Crippen molar-refractivity contribution in [1.82, 2.24) is 10.6 Å². The van der Waals surface area contributed by atoms with Gasteiger partial charge in [0.25, 0.3) is 0 Å². The van der Waals surface area contributed by atoms with E-state index >= 15 is 0 Å². The van der Waals surface area contributed by atoms with E-state index in [2.05, 4.69) is 23.8 Å². The second-order valence-corrected chi connectivity index (χ2v) is 3.50. The van der Waals surface area contributed by atoms with Gasteiger partial charge in [0.1, 0.15) is 0 Å². The molecule has 0 aliphatic carbocycles. The first kappa shape index (κ1) is 9.99. The molecule has 0 aromatic rings. The number of rotatable bonds is 3. The van der Waals surface area contributed by atoms with Gasteiger partial charge >= 0.3 is 0 Å². The van der Waals surface area contributed by atoms with Crippen molar-refractivity contribution in [2.45, 2.75) is 25.8 Å². The number of hydrogen-bond acceptors (Lipinski definition) is 2. The summed E-state index contributed by atoms with van der Waals surface area (Å²) in [7, 11) is 0. The maximum Gasteiger partial charge on any atom is 0.224 e. The number of hydrogen-bond donors (Lipinski definition) is 2. The lowest BCUT2D eigenvalue weighted by Gasteiger charge is -2.25. The smallest absolute Gasteiger partial charge is 0.224 e. The Bertz CT molecular complexity index is 245. The highest BCUT2D eigenvalue weighted by Gasteiger charge is 2.20. The Morgan fingerprint density at radius 3 is 3.00 bits per heavy atom. The van der Waals surface area contributed by atoms with Crippen LogP contribution in [0.2, 0.25) is 0 Å². The predicted octanol–water partition coefficient (Wildman–Crippen LogP) is 0.944. The van der Waals surface area contributed by atoms with E-state index in [1.54, 1.807) is 0 Å². The lowest BCUT2D eigenvalue weighted by Crippen LogP contribution is -2.43. The van der Waals surface area contributed by atoms with Crippen LogP contribution in [0.5, 0.6) is 0 Å². The Kier molecular flexibility index (Phi) is 3.25. The first-order chi connectivity index (χ1) is 6.09. The first-order valence-corrected chi connectivity index (χ1v) is 4.46. The molecule has 0 radical (unpaired) electrons.